The van der Waals surface area contributed by atoms with Crippen LogP contribution in [0.15, 0.2) is 457 Å². The second kappa shape index (κ2) is 35.8. The van der Waals surface area contributed by atoms with Crippen LogP contribution in [0.5, 0.6) is 0 Å². The summed E-state index contributed by atoms with van der Waals surface area (Å²) in [6, 6.07) is 152. The molecule has 11 heteroatoms. The molecule has 26 rings (SSSR count). The Hall–Kier alpha value is -16.8. The van der Waals surface area contributed by atoms with Gasteiger partial charge in [-0.25, -0.2) is 0 Å². The van der Waals surface area contributed by atoms with Crippen molar-refractivity contribution >= 4 is 200 Å². The number of nitrogens with one attached hydrogen (secondary N) is 1. The Bertz CT molecular complexity index is 8840. The van der Waals surface area contributed by atoms with Gasteiger partial charge >= 0.3 is 0 Å². The van der Waals surface area contributed by atoms with Crippen LogP contribution in [0.4, 0.5) is 45.5 Å². The minimum Gasteiger partial charge on any atom is -0.456 e. The van der Waals surface area contributed by atoms with Crippen molar-refractivity contribution in [3.8, 4) is 66.8 Å². The van der Waals surface area contributed by atoms with Gasteiger partial charge in [-0.1, -0.05) is 322 Å². The zero-order chi connectivity index (χ0) is 97.1. The molecule has 0 radical (unpaired) electrons. The van der Waals surface area contributed by atoms with Crippen molar-refractivity contribution in [1.29, 1.82) is 0 Å². The van der Waals surface area contributed by atoms with Crippen molar-refractivity contribution in [1.82, 2.24) is 0 Å². The summed E-state index contributed by atoms with van der Waals surface area (Å²) in [4.78, 5) is 4.63. The van der Waals surface area contributed by atoms with Crippen LogP contribution in [-0.2, 0) is 16.2 Å². The van der Waals surface area contributed by atoms with Crippen molar-refractivity contribution in [2.24, 2.45) is 0 Å². The first kappa shape index (κ1) is 88.8. The molecule has 0 atom stereocenters. The van der Waals surface area contributed by atoms with E-state index in [4.69, 9.17) is 49.7 Å². The number of rotatable bonds is 14. The molecule has 0 aliphatic carbocycles. The molecule has 0 spiro atoms. The SMILES string of the molecule is CC(C)(C)c1ccc(N(c2ccc(-c3ccc(-c4ccccc4)cc3)cc2)c2ccc3c(c2)oc2cc4c(cc23)oc2cc3c(cc24)oc2cc(N(c4ccc(-c5ccc(-c6ccccc6)cc5)cc4)c4ccc(C(C)(C)C)cc4)ccc23)cc1.CC(C)(C)c1ccc(Nc2ccc(-c3ccc(-c4ccccc4)cc3)cc2)cc1.Clc1ccc2c(c1)oc1cc3c(cc12)oc1cc2c(cc13)oc1cc(Cl)ccc12. The number of benzene rings is 20. The van der Waals surface area contributed by atoms with E-state index in [1.165, 1.54) is 72.3 Å². The Labute approximate surface area is 838 Å². The molecule has 0 fully saturated rings. The zero-order valence-corrected chi connectivity index (χ0v) is 82.1. The van der Waals surface area contributed by atoms with Crippen LogP contribution in [0.2, 0.25) is 10.0 Å². The average Bonchev–Trinajstić information content (AvgIpc) is 1.58. The molecular formula is C132H99Cl2N3O6. The lowest BCUT2D eigenvalue weighted by Crippen LogP contribution is -2.13. The van der Waals surface area contributed by atoms with E-state index in [-0.39, 0.29) is 16.2 Å². The first-order valence-corrected chi connectivity index (χ1v) is 49.4. The maximum atomic E-state index is 6.84. The van der Waals surface area contributed by atoms with Gasteiger partial charge in [0, 0.05) is 144 Å². The van der Waals surface area contributed by atoms with Gasteiger partial charge in [0.1, 0.15) is 67.0 Å². The minimum atomic E-state index is 0.0253. The highest BCUT2D eigenvalue weighted by Crippen LogP contribution is 2.49. The smallest absolute Gasteiger partial charge is 0.137 e. The number of furan rings is 6. The Morgan fingerprint density at radius 3 is 0.587 bits per heavy atom. The Kier molecular flexibility index (Phi) is 22.2. The quantitative estimate of drug-likeness (QED) is 0.114. The van der Waals surface area contributed by atoms with Gasteiger partial charge < -0.3 is 41.6 Å². The standard InChI is InChI=1S/C80H62N2O3.C28H27N.C24H10Cl2O3/c1-79(2,3)59-29-37-63(38-30-59)81(61-33-25-57(26-34-61)55-21-17-53(18-22-55)51-13-9-7-10-14-51)65-41-43-67-69-47-77-71(49-75(69)83-73(67)45-65)72-50-76-70(48-78(72)85-77)68-44-42-66(46-74(68)84-76)82(64-39-31-60(32-40-64)80(4,5)6)62-35-27-58(28-36-62)56-23-19-54(20-24-56)52-15-11-8-12-16-52;1-28(2,3)25-15-19-27(20-16-25)29-26-17-13-24(14-18-26)23-11-9-22(10-12-23)21-7-5-4-6-8-21;25-11-1-3-13-15-7-23-17(9-21(15)27-19(13)5-11)18-10-22-16(8-24(18)29-23)14-4-2-12(26)6-20(14)28-22/h7-50H,1-6H3;4-20,29H,1-3H3;1-10H. The summed E-state index contributed by atoms with van der Waals surface area (Å²) in [6.45, 7) is 20.2. The lowest BCUT2D eigenvalue weighted by atomic mass is 9.87. The van der Waals surface area contributed by atoms with Gasteiger partial charge in [0.25, 0.3) is 0 Å². The van der Waals surface area contributed by atoms with Gasteiger partial charge in [-0.15, -0.1) is 0 Å². The molecule has 0 bridgehead atoms. The zero-order valence-electron chi connectivity index (χ0n) is 80.6. The van der Waals surface area contributed by atoms with E-state index in [0.717, 1.165) is 188 Å². The van der Waals surface area contributed by atoms with Gasteiger partial charge in [-0.05, 0) is 270 Å². The number of nitrogens with zero attached hydrogens (tertiary/aromatic N) is 2. The van der Waals surface area contributed by atoms with Crippen LogP contribution >= 0.6 is 23.2 Å². The molecule has 0 saturated heterocycles. The molecular weight excluding hydrogens is 1790 g/mol. The van der Waals surface area contributed by atoms with Gasteiger partial charge in [-0.2, -0.15) is 0 Å². The van der Waals surface area contributed by atoms with E-state index in [0.29, 0.717) is 10.0 Å². The summed E-state index contributed by atoms with van der Waals surface area (Å²) in [7, 11) is 0. The number of fused-ring (bicyclic) bond motifs is 18. The Balaban J connectivity index is 0.000000152. The van der Waals surface area contributed by atoms with Gasteiger partial charge in [0.15, 0.2) is 0 Å². The predicted octanol–water partition coefficient (Wildman–Crippen LogP) is 40.3. The number of hydrogen-bond donors (Lipinski definition) is 1. The van der Waals surface area contributed by atoms with Crippen molar-refractivity contribution in [2.45, 2.75) is 78.6 Å². The first-order chi connectivity index (χ1) is 69.4. The molecule has 143 heavy (non-hydrogen) atoms. The molecule has 20 aromatic carbocycles. The molecule has 9 nitrogen and oxygen atoms in total. The highest BCUT2D eigenvalue weighted by Gasteiger charge is 2.26. The normalized spacial score (nSPS) is 12.0. The third-order valence-corrected chi connectivity index (χ3v) is 28.3. The number of anilines is 8. The fourth-order valence-corrected chi connectivity index (χ4v) is 20.3. The molecule has 0 aliphatic heterocycles. The van der Waals surface area contributed by atoms with Crippen molar-refractivity contribution in [2.75, 3.05) is 15.1 Å². The van der Waals surface area contributed by atoms with Gasteiger partial charge in [0.2, 0.25) is 0 Å². The molecule has 0 aliphatic rings. The Morgan fingerprint density at radius 1 is 0.168 bits per heavy atom. The third-order valence-electron chi connectivity index (χ3n) is 27.9. The van der Waals surface area contributed by atoms with E-state index in [9.17, 15) is 0 Å². The summed E-state index contributed by atoms with van der Waals surface area (Å²) in [5.41, 5.74) is 36.6. The summed E-state index contributed by atoms with van der Waals surface area (Å²) < 4.78 is 38.8. The average molecular weight is 1890 g/mol. The molecule has 1 N–H and O–H groups in total. The minimum absolute atomic E-state index is 0.0253. The van der Waals surface area contributed by atoms with E-state index in [1.807, 2.05) is 66.7 Å². The van der Waals surface area contributed by atoms with Crippen LogP contribution in [0.1, 0.15) is 79.0 Å². The van der Waals surface area contributed by atoms with Crippen LogP contribution in [-0.4, -0.2) is 0 Å². The van der Waals surface area contributed by atoms with E-state index < -0.39 is 0 Å². The summed E-state index contributed by atoms with van der Waals surface area (Å²) in [6.07, 6.45) is 0. The molecule has 0 unspecified atom stereocenters. The fraction of sp³-hybridized carbons (Fsp3) is 0.0909. The summed E-state index contributed by atoms with van der Waals surface area (Å²) >= 11 is 12.2. The lowest BCUT2D eigenvalue weighted by Gasteiger charge is -2.27. The van der Waals surface area contributed by atoms with Crippen LogP contribution in [0.3, 0.4) is 0 Å². The third kappa shape index (κ3) is 17.3. The molecule has 26 aromatic rings. The van der Waals surface area contributed by atoms with Gasteiger partial charge in [-0.3, -0.25) is 0 Å². The molecule has 6 aromatic heterocycles. The second-order valence-corrected chi connectivity index (χ2v) is 41.2. The van der Waals surface area contributed by atoms with Gasteiger partial charge in [0.05, 0.1) is 0 Å². The highest BCUT2D eigenvalue weighted by atomic mass is 35.5. The topological polar surface area (TPSA) is 97.4 Å². The summed E-state index contributed by atoms with van der Waals surface area (Å²) in [5.74, 6) is 0. The second-order valence-electron chi connectivity index (χ2n) is 40.4. The van der Waals surface area contributed by atoms with Crippen molar-refractivity contribution in [3.63, 3.8) is 0 Å². The Morgan fingerprint density at radius 2 is 0.343 bits per heavy atom. The van der Waals surface area contributed by atoms with Crippen LogP contribution in [0, 0.1) is 0 Å². The number of halogens is 2. The lowest BCUT2D eigenvalue weighted by molar-refractivity contribution is 0.590. The van der Waals surface area contributed by atoms with Crippen LogP contribution in [0.25, 0.3) is 198 Å². The van der Waals surface area contributed by atoms with E-state index in [2.05, 4.69) is 441 Å². The molecule has 0 saturated carbocycles. The predicted molar refractivity (Wildman–Crippen MR) is 601 cm³/mol. The first-order valence-electron chi connectivity index (χ1n) is 48.6. The van der Waals surface area contributed by atoms with E-state index in [1.54, 1.807) is 0 Å². The molecule has 6 heterocycles. The van der Waals surface area contributed by atoms with Crippen molar-refractivity contribution in [3.05, 3.63) is 457 Å². The van der Waals surface area contributed by atoms with Crippen LogP contribution < -0.4 is 15.1 Å². The summed E-state index contributed by atoms with van der Waals surface area (Å²) in [5, 5.41) is 16.8. The molecule has 0 amide bonds. The number of hydrogen-bond acceptors (Lipinski definition) is 9. The maximum absolute atomic E-state index is 6.84. The van der Waals surface area contributed by atoms with E-state index >= 15 is 0 Å². The molecule has 692 valence electrons. The fourth-order valence-electron chi connectivity index (χ4n) is 20.0. The monoisotopic (exact) mass is 1890 g/mol. The largest absolute Gasteiger partial charge is 0.456 e. The highest BCUT2D eigenvalue weighted by molar-refractivity contribution is 6.32. The maximum Gasteiger partial charge on any atom is 0.137 e. The van der Waals surface area contributed by atoms with Crippen molar-refractivity contribution < 1.29 is 26.5 Å².